The first-order valence-corrected chi connectivity index (χ1v) is 11.9. The van der Waals surface area contributed by atoms with Gasteiger partial charge in [-0.2, -0.15) is 0 Å². The normalized spacial score (nSPS) is 15.1. The van der Waals surface area contributed by atoms with Gasteiger partial charge in [0.2, 0.25) is 5.91 Å². The monoisotopic (exact) mass is 515 g/mol. The van der Waals surface area contributed by atoms with Gasteiger partial charge in [0, 0.05) is 41.6 Å². The van der Waals surface area contributed by atoms with Gasteiger partial charge >= 0.3 is 0 Å². The molecule has 2 aromatic carbocycles. The van der Waals surface area contributed by atoms with Gasteiger partial charge in [-0.05, 0) is 55.0 Å². The van der Waals surface area contributed by atoms with Crippen molar-refractivity contribution in [3.05, 3.63) is 106 Å². The smallest absolute Gasteiger partial charge is 0.277 e. The molecule has 2 aromatic heterocycles. The summed E-state index contributed by atoms with van der Waals surface area (Å²) in [4.78, 5) is 45.2. The van der Waals surface area contributed by atoms with Crippen molar-refractivity contribution >= 4 is 40.7 Å². The third kappa shape index (κ3) is 5.36. The predicted octanol–water partition coefficient (Wildman–Crippen LogP) is 4.49. The molecule has 0 bridgehead atoms. The van der Waals surface area contributed by atoms with Gasteiger partial charge in [0.15, 0.2) is 5.69 Å². The summed E-state index contributed by atoms with van der Waals surface area (Å²) in [7, 11) is 0. The van der Waals surface area contributed by atoms with E-state index >= 15 is 0 Å². The molecule has 3 amide bonds. The minimum atomic E-state index is -0.802. The standard InChI is InChI=1S/C27H22ClN5O4/c1-16-12-23(32-37-16)25(34)30-19-8-5-17(6-9-19)15-33-24(14-20-4-2-3-11-29-20)26(35)31-22-13-18(28)7-10-21(22)27(33)36/h2-13,24H,14-15H2,1H3,(H,30,34)(H,31,35)/t24-/m1/s1. The van der Waals surface area contributed by atoms with Crippen LogP contribution in [0.5, 0.6) is 0 Å². The zero-order valence-corrected chi connectivity index (χ0v) is 20.5. The third-order valence-electron chi connectivity index (χ3n) is 5.96. The summed E-state index contributed by atoms with van der Waals surface area (Å²) in [6.07, 6.45) is 1.89. The molecule has 0 unspecified atom stereocenters. The number of nitrogens with one attached hydrogen (secondary N) is 2. The lowest BCUT2D eigenvalue weighted by atomic mass is 10.1. The number of amides is 3. The molecule has 0 spiro atoms. The second-order valence-corrected chi connectivity index (χ2v) is 9.06. The number of carbonyl (C=O) groups is 3. The van der Waals surface area contributed by atoms with Crippen LogP contribution in [0.15, 0.2) is 77.4 Å². The van der Waals surface area contributed by atoms with E-state index < -0.39 is 11.9 Å². The Hall–Kier alpha value is -4.50. The van der Waals surface area contributed by atoms with Crippen LogP contribution in [0.4, 0.5) is 11.4 Å². The lowest BCUT2D eigenvalue weighted by molar-refractivity contribution is -0.120. The van der Waals surface area contributed by atoms with Crippen molar-refractivity contribution in [1.82, 2.24) is 15.0 Å². The number of halogens is 1. The van der Waals surface area contributed by atoms with Gasteiger partial charge in [0.25, 0.3) is 11.8 Å². The van der Waals surface area contributed by atoms with Gasteiger partial charge in [-0.3, -0.25) is 19.4 Å². The highest BCUT2D eigenvalue weighted by molar-refractivity contribution is 6.31. The molecular formula is C27H22ClN5O4. The highest BCUT2D eigenvalue weighted by Gasteiger charge is 2.36. The van der Waals surface area contributed by atoms with E-state index in [9.17, 15) is 14.4 Å². The van der Waals surface area contributed by atoms with Crippen LogP contribution in [0.3, 0.4) is 0 Å². The van der Waals surface area contributed by atoms with Gasteiger partial charge in [0.05, 0.1) is 11.3 Å². The summed E-state index contributed by atoms with van der Waals surface area (Å²) in [5.41, 5.74) is 2.92. The average molecular weight is 516 g/mol. The quantitative estimate of drug-likeness (QED) is 0.390. The Labute approximate surface area is 217 Å². The Kier molecular flexibility index (Phi) is 6.70. The van der Waals surface area contributed by atoms with Crippen molar-refractivity contribution in [3.8, 4) is 0 Å². The first-order chi connectivity index (χ1) is 17.9. The van der Waals surface area contributed by atoms with E-state index in [1.165, 1.54) is 4.90 Å². The van der Waals surface area contributed by atoms with Gasteiger partial charge in [-0.25, -0.2) is 0 Å². The van der Waals surface area contributed by atoms with E-state index in [1.54, 1.807) is 67.7 Å². The van der Waals surface area contributed by atoms with Crippen LogP contribution < -0.4 is 10.6 Å². The molecule has 0 aliphatic carbocycles. The first-order valence-electron chi connectivity index (χ1n) is 11.5. The Balaban J connectivity index is 1.41. The molecule has 0 saturated heterocycles. The molecule has 0 radical (unpaired) electrons. The fraction of sp³-hybridized carbons (Fsp3) is 0.148. The van der Waals surface area contributed by atoms with Crippen molar-refractivity contribution in [2.45, 2.75) is 25.9 Å². The highest BCUT2D eigenvalue weighted by atomic mass is 35.5. The Morgan fingerprint density at radius 3 is 2.62 bits per heavy atom. The maximum Gasteiger partial charge on any atom is 0.277 e. The zero-order chi connectivity index (χ0) is 25.9. The lowest BCUT2D eigenvalue weighted by Gasteiger charge is -2.28. The fourth-order valence-electron chi connectivity index (χ4n) is 4.12. The number of rotatable bonds is 6. The average Bonchev–Trinajstić information content (AvgIpc) is 3.30. The molecule has 2 N–H and O–H groups in total. The topological polar surface area (TPSA) is 117 Å². The molecule has 5 rings (SSSR count). The number of carbonyl (C=O) groups excluding carboxylic acids is 3. The molecule has 10 heteroatoms. The van der Waals surface area contributed by atoms with Gasteiger partial charge < -0.3 is 20.1 Å². The molecule has 1 aliphatic heterocycles. The van der Waals surface area contributed by atoms with Crippen molar-refractivity contribution in [3.63, 3.8) is 0 Å². The minimum Gasteiger partial charge on any atom is -0.361 e. The predicted molar refractivity (Wildman–Crippen MR) is 137 cm³/mol. The van der Waals surface area contributed by atoms with Crippen molar-refractivity contribution in [2.24, 2.45) is 0 Å². The van der Waals surface area contributed by atoms with E-state index in [2.05, 4.69) is 20.8 Å². The van der Waals surface area contributed by atoms with Crippen LogP contribution in [0.25, 0.3) is 0 Å². The van der Waals surface area contributed by atoms with Crippen LogP contribution in [0, 0.1) is 6.92 Å². The number of pyridine rings is 1. The summed E-state index contributed by atoms with van der Waals surface area (Å²) >= 11 is 6.12. The van der Waals surface area contributed by atoms with Crippen LogP contribution >= 0.6 is 11.6 Å². The summed E-state index contributed by atoms with van der Waals surface area (Å²) in [6.45, 7) is 1.87. The molecule has 0 fully saturated rings. The second-order valence-electron chi connectivity index (χ2n) is 8.63. The number of benzene rings is 2. The molecule has 4 aromatic rings. The second kappa shape index (κ2) is 10.2. The maximum absolute atomic E-state index is 13.7. The molecule has 0 saturated carbocycles. The van der Waals surface area contributed by atoms with Crippen molar-refractivity contribution in [2.75, 3.05) is 10.6 Å². The lowest BCUT2D eigenvalue weighted by Crippen LogP contribution is -2.46. The minimum absolute atomic E-state index is 0.169. The van der Waals surface area contributed by atoms with Gasteiger partial charge in [-0.15, -0.1) is 0 Å². The first kappa shape index (κ1) is 24.2. The molecule has 1 atom stereocenters. The molecule has 1 aliphatic rings. The van der Waals surface area contributed by atoms with E-state index in [-0.39, 0.29) is 30.5 Å². The molecular weight excluding hydrogens is 494 g/mol. The van der Waals surface area contributed by atoms with Crippen molar-refractivity contribution in [1.29, 1.82) is 0 Å². The molecule has 37 heavy (non-hydrogen) atoms. The van der Waals surface area contributed by atoms with Crippen LogP contribution in [0.1, 0.15) is 37.9 Å². The van der Waals surface area contributed by atoms with E-state index in [0.29, 0.717) is 33.4 Å². The van der Waals surface area contributed by atoms with E-state index in [4.69, 9.17) is 16.1 Å². The maximum atomic E-state index is 13.7. The van der Waals surface area contributed by atoms with Crippen LogP contribution in [-0.2, 0) is 17.8 Å². The number of anilines is 2. The number of hydrogen-bond donors (Lipinski definition) is 2. The number of fused-ring (bicyclic) bond motifs is 1. The SMILES string of the molecule is Cc1cc(C(=O)Nc2ccc(CN3C(=O)c4ccc(Cl)cc4NC(=O)[C@H]3Cc3ccccn3)cc2)no1. The summed E-state index contributed by atoms with van der Waals surface area (Å²) < 4.78 is 4.95. The summed E-state index contributed by atoms with van der Waals surface area (Å²) in [5, 5.41) is 9.75. The largest absolute Gasteiger partial charge is 0.361 e. The Morgan fingerprint density at radius 2 is 1.92 bits per heavy atom. The number of hydrogen-bond acceptors (Lipinski definition) is 6. The highest BCUT2D eigenvalue weighted by Crippen LogP contribution is 2.29. The molecule has 3 heterocycles. The zero-order valence-electron chi connectivity index (χ0n) is 19.8. The Bertz CT molecular complexity index is 1470. The number of aryl methyl sites for hydroxylation is 1. The Morgan fingerprint density at radius 1 is 1.11 bits per heavy atom. The van der Waals surface area contributed by atoms with Crippen LogP contribution in [0.2, 0.25) is 5.02 Å². The van der Waals surface area contributed by atoms with Gasteiger partial charge in [0.1, 0.15) is 11.8 Å². The summed E-state index contributed by atoms with van der Waals surface area (Å²) in [5.74, 6) is -0.484. The van der Waals surface area contributed by atoms with Crippen LogP contribution in [-0.4, -0.2) is 38.8 Å². The summed E-state index contributed by atoms with van der Waals surface area (Å²) in [6, 6.07) is 18.0. The van der Waals surface area contributed by atoms with E-state index in [0.717, 1.165) is 5.56 Å². The fourth-order valence-corrected chi connectivity index (χ4v) is 4.29. The van der Waals surface area contributed by atoms with Gasteiger partial charge in [-0.1, -0.05) is 35.0 Å². The molecule has 9 nitrogen and oxygen atoms in total. The van der Waals surface area contributed by atoms with E-state index in [1.807, 2.05) is 12.1 Å². The third-order valence-corrected chi connectivity index (χ3v) is 6.20. The molecule has 186 valence electrons. The van der Waals surface area contributed by atoms with Crippen molar-refractivity contribution < 1.29 is 18.9 Å². The number of aromatic nitrogens is 2. The number of nitrogens with zero attached hydrogens (tertiary/aromatic N) is 3.